The first kappa shape index (κ1) is 15.2. The van der Waals surface area contributed by atoms with Gasteiger partial charge >= 0.3 is 6.09 Å². The molecule has 5 nitrogen and oxygen atoms in total. The van der Waals surface area contributed by atoms with Gasteiger partial charge in [-0.1, -0.05) is 18.2 Å². The number of carbonyl (C=O) groups excluding carboxylic acids is 1. The lowest BCUT2D eigenvalue weighted by Gasteiger charge is -2.42. The van der Waals surface area contributed by atoms with Crippen molar-refractivity contribution in [3.05, 3.63) is 29.8 Å². The van der Waals surface area contributed by atoms with Gasteiger partial charge in [0, 0.05) is 38.4 Å². The molecule has 1 N–H and O–H groups in total. The molecule has 1 unspecified atom stereocenters. The summed E-state index contributed by atoms with van der Waals surface area (Å²) in [7, 11) is 0. The van der Waals surface area contributed by atoms with E-state index in [9.17, 15) is 4.79 Å². The number of benzene rings is 1. The monoisotopic (exact) mass is 303 g/mol. The highest BCUT2D eigenvalue weighted by atomic mass is 16.6. The fourth-order valence-corrected chi connectivity index (χ4v) is 3.15. The first-order valence-electron chi connectivity index (χ1n) is 7.97. The van der Waals surface area contributed by atoms with Crippen LogP contribution in [0.15, 0.2) is 24.3 Å². The van der Waals surface area contributed by atoms with Crippen molar-refractivity contribution < 1.29 is 9.53 Å². The Hall–Kier alpha value is -1.75. The maximum Gasteiger partial charge on any atom is 0.410 e. The van der Waals surface area contributed by atoms with Crippen LogP contribution in [0, 0.1) is 0 Å². The predicted octanol–water partition coefficient (Wildman–Crippen LogP) is 2.22. The maximum atomic E-state index is 12.3. The Morgan fingerprint density at radius 2 is 2.05 bits per heavy atom. The molecule has 5 heteroatoms. The standard InChI is InChI=1S/C17H25N3O2/c1-17(2,3)22-16(21)19-8-9-20-14(12-19)11-18-10-13-6-4-5-7-15(13)20/h4-7,14,18H,8-12H2,1-3H3. The molecule has 22 heavy (non-hydrogen) atoms. The summed E-state index contributed by atoms with van der Waals surface area (Å²) < 4.78 is 5.51. The van der Waals surface area contributed by atoms with Gasteiger partial charge in [-0.05, 0) is 32.4 Å². The third-order valence-electron chi connectivity index (χ3n) is 4.13. The van der Waals surface area contributed by atoms with E-state index in [4.69, 9.17) is 4.74 Å². The summed E-state index contributed by atoms with van der Waals surface area (Å²) in [5.74, 6) is 0. The van der Waals surface area contributed by atoms with Crippen LogP contribution in [0.5, 0.6) is 0 Å². The van der Waals surface area contributed by atoms with Crippen molar-refractivity contribution in [2.75, 3.05) is 31.1 Å². The van der Waals surface area contributed by atoms with Gasteiger partial charge in [0.05, 0.1) is 6.04 Å². The number of rotatable bonds is 0. The number of piperazine rings is 1. The van der Waals surface area contributed by atoms with E-state index in [-0.39, 0.29) is 6.09 Å². The first-order chi connectivity index (χ1) is 10.4. The Morgan fingerprint density at radius 3 is 2.82 bits per heavy atom. The molecule has 1 aromatic carbocycles. The van der Waals surface area contributed by atoms with Gasteiger partial charge in [0.25, 0.3) is 0 Å². The van der Waals surface area contributed by atoms with Crippen molar-refractivity contribution in [3.8, 4) is 0 Å². The minimum atomic E-state index is -0.442. The van der Waals surface area contributed by atoms with Crippen LogP contribution in [0.25, 0.3) is 0 Å². The van der Waals surface area contributed by atoms with Gasteiger partial charge in [0.15, 0.2) is 0 Å². The number of amides is 1. The minimum Gasteiger partial charge on any atom is -0.444 e. The second-order valence-corrected chi connectivity index (χ2v) is 7.03. The van der Waals surface area contributed by atoms with Crippen molar-refractivity contribution in [1.29, 1.82) is 0 Å². The van der Waals surface area contributed by atoms with Gasteiger partial charge in [0.2, 0.25) is 0 Å². The molecule has 1 aromatic rings. The summed E-state index contributed by atoms with van der Waals surface area (Å²) in [5, 5.41) is 3.49. The van der Waals surface area contributed by atoms with E-state index in [0.29, 0.717) is 19.1 Å². The summed E-state index contributed by atoms with van der Waals surface area (Å²) >= 11 is 0. The van der Waals surface area contributed by atoms with E-state index in [1.165, 1.54) is 11.3 Å². The zero-order chi connectivity index (χ0) is 15.7. The SMILES string of the molecule is CC(C)(C)OC(=O)N1CCN2c3ccccc3CNCC2C1. The number of anilines is 1. The number of fused-ring (bicyclic) bond motifs is 3. The summed E-state index contributed by atoms with van der Waals surface area (Å²) in [5.41, 5.74) is 2.18. The lowest BCUT2D eigenvalue weighted by molar-refractivity contribution is 0.0215. The molecular formula is C17H25N3O2. The zero-order valence-electron chi connectivity index (χ0n) is 13.6. The molecule has 0 aromatic heterocycles. The Labute approximate surface area is 132 Å². The van der Waals surface area contributed by atoms with E-state index in [1.807, 2.05) is 25.7 Å². The molecule has 2 aliphatic heterocycles. The molecule has 0 bridgehead atoms. The van der Waals surface area contributed by atoms with E-state index >= 15 is 0 Å². The Balaban J connectivity index is 1.73. The lowest BCUT2D eigenvalue weighted by atomic mass is 10.1. The quantitative estimate of drug-likeness (QED) is 0.798. The van der Waals surface area contributed by atoms with E-state index in [2.05, 4.69) is 34.5 Å². The number of hydrogen-bond acceptors (Lipinski definition) is 4. The van der Waals surface area contributed by atoms with Gasteiger partial charge < -0.3 is 19.9 Å². The average Bonchev–Trinajstić information content (AvgIpc) is 2.64. The molecule has 3 rings (SSSR count). The van der Waals surface area contributed by atoms with Crippen LogP contribution in [0.4, 0.5) is 10.5 Å². The summed E-state index contributed by atoms with van der Waals surface area (Å²) in [6.45, 7) is 9.75. The molecule has 120 valence electrons. The topological polar surface area (TPSA) is 44.8 Å². The Kier molecular flexibility index (Phi) is 4.00. The third-order valence-corrected chi connectivity index (χ3v) is 4.13. The Morgan fingerprint density at radius 1 is 1.27 bits per heavy atom. The molecule has 1 saturated heterocycles. The smallest absolute Gasteiger partial charge is 0.410 e. The van der Waals surface area contributed by atoms with Crippen LogP contribution in [-0.4, -0.2) is 48.8 Å². The summed E-state index contributed by atoms with van der Waals surface area (Å²) in [4.78, 5) is 16.5. The molecule has 1 atom stereocenters. The fourth-order valence-electron chi connectivity index (χ4n) is 3.15. The Bertz CT molecular complexity index is 553. The fraction of sp³-hybridized carbons (Fsp3) is 0.588. The predicted molar refractivity (Wildman–Crippen MR) is 87.1 cm³/mol. The van der Waals surface area contributed by atoms with Crippen molar-refractivity contribution in [1.82, 2.24) is 10.2 Å². The van der Waals surface area contributed by atoms with Crippen molar-refractivity contribution >= 4 is 11.8 Å². The number of ether oxygens (including phenoxy) is 1. The van der Waals surface area contributed by atoms with E-state index in [0.717, 1.165) is 19.6 Å². The highest BCUT2D eigenvalue weighted by molar-refractivity contribution is 5.69. The molecule has 1 amide bonds. The third kappa shape index (κ3) is 3.19. The van der Waals surface area contributed by atoms with Crippen LogP contribution in [0.3, 0.4) is 0 Å². The first-order valence-corrected chi connectivity index (χ1v) is 7.97. The van der Waals surface area contributed by atoms with Crippen molar-refractivity contribution in [2.24, 2.45) is 0 Å². The number of nitrogens with zero attached hydrogens (tertiary/aromatic N) is 2. The molecule has 0 aliphatic carbocycles. The molecule has 2 heterocycles. The summed E-state index contributed by atoms with van der Waals surface area (Å²) in [6.07, 6.45) is -0.204. The second kappa shape index (κ2) is 5.80. The molecule has 0 saturated carbocycles. The van der Waals surface area contributed by atoms with Crippen LogP contribution in [0.2, 0.25) is 0 Å². The lowest BCUT2D eigenvalue weighted by Crippen LogP contribution is -2.57. The van der Waals surface area contributed by atoms with E-state index in [1.54, 1.807) is 0 Å². The molecule has 0 radical (unpaired) electrons. The maximum absolute atomic E-state index is 12.3. The van der Waals surface area contributed by atoms with Gasteiger partial charge in [-0.25, -0.2) is 4.79 Å². The van der Waals surface area contributed by atoms with Crippen LogP contribution >= 0.6 is 0 Å². The second-order valence-electron chi connectivity index (χ2n) is 7.03. The number of nitrogens with one attached hydrogen (secondary N) is 1. The molecular weight excluding hydrogens is 278 g/mol. The van der Waals surface area contributed by atoms with Gasteiger partial charge in [0.1, 0.15) is 5.60 Å². The highest BCUT2D eigenvalue weighted by Crippen LogP contribution is 2.27. The van der Waals surface area contributed by atoms with E-state index < -0.39 is 5.60 Å². The van der Waals surface area contributed by atoms with Crippen LogP contribution in [0.1, 0.15) is 26.3 Å². The normalized spacial score (nSPS) is 21.7. The van der Waals surface area contributed by atoms with Crippen LogP contribution in [-0.2, 0) is 11.3 Å². The summed E-state index contributed by atoms with van der Waals surface area (Å²) in [6, 6.07) is 8.81. The highest BCUT2D eigenvalue weighted by Gasteiger charge is 2.33. The van der Waals surface area contributed by atoms with Crippen molar-refractivity contribution in [3.63, 3.8) is 0 Å². The minimum absolute atomic E-state index is 0.204. The van der Waals surface area contributed by atoms with Gasteiger partial charge in [-0.15, -0.1) is 0 Å². The van der Waals surface area contributed by atoms with Gasteiger partial charge in [-0.2, -0.15) is 0 Å². The van der Waals surface area contributed by atoms with Gasteiger partial charge in [-0.3, -0.25) is 0 Å². The largest absolute Gasteiger partial charge is 0.444 e. The molecule has 1 fully saturated rings. The van der Waals surface area contributed by atoms with Crippen molar-refractivity contribution in [2.45, 2.75) is 39.0 Å². The number of para-hydroxylation sites is 1. The zero-order valence-corrected chi connectivity index (χ0v) is 13.6. The molecule has 2 aliphatic rings. The average molecular weight is 303 g/mol. The number of carbonyl (C=O) groups is 1. The van der Waals surface area contributed by atoms with Crippen LogP contribution < -0.4 is 10.2 Å². The number of hydrogen-bond donors (Lipinski definition) is 1. The molecule has 0 spiro atoms.